The van der Waals surface area contributed by atoms with Gasteiger partial charge in [-0.3, -0.25) is 9.59 Å². The van der Waals surface area contributed by atoms with Crippen LogP contribution < -0.4 is 5.32 Å². The lowest BCUT2D eigenvalue weighted by Crippen LogP contribution is -2.52. The van der Waals surface area contributed by atoms with Gasteiger partial charge in [0, 0.05) is 31.0 Å². The molecule has 0 aliphatic carbocycles. The highest BCUT2D eigenvalue weighted by atomic mass is 19.1. The van der Waals surface area contributed by atoms with Gasteiger partial charge in [-0.05, 0) is 48.2 Å². The van der Waals surface area contributed by atoms with Crippen molar-refractivity contribution in [1.82, 2.24) is 10.2 Å². The van der Waals surface area contributed by atoms with E-state index in [0.29, 0.717) is 18.4 Å². The molecule has 1 atom stereocenters. The zero-order valence-corrected chi connectivity index (χ0v) is 21.4. The van der Waals surface area contributed by atoms with Crippen molar-refractivity contribution in [1.29, 1.82) is 0 Å². The van der Waals surface area contributed by atoms with Crippen molar-refractivity contribution in [2.24, 2.45) is 0 Å². The van der Waals surface area contributed by atoms with Crippen LogP contribution in [-0.4, -0.2) is 28.8 Å². The minimum absolute atomic E-state index is 0.0179. The number of rotatable bonds is 10. The third-order valence-corrected chi connectivity index (χ3v) is 6.49. The number of hydrogen-bond donors (Lipinski definition) is 1. The Balaban J connectivity index is 1.65. The molecular formula is C32H33FN2O2. The molecule has 4 aromatic carbocycles. The topological polar surface area (TPSA) is 49.4 Å². The highest BCUT2D eigenvalue weighted by Crippen LogP contribution is 2.22. The zero-order valence-electron chi connectivity index (χ0n) is 21.4. The Hall–Kier alpha value is -3.99. The molecule has 5 heteroatoms. The van der Waals surface area contributed by atoms with Crippen molar-refractivity contribution in [2.45, 2.75) is 51.7 Å². The fourth-order valence-electron chi connectivity index (χ4n) is 4.64. The maximum atomic E-state index is 14.7. The molecule has 0 radical (unpaired) electrons. The third kappa shape index (κ3) is 6.82. The van der Waals surface area contributed by atoms with Crippen molar-refractivity contribution in [3.8, 4) is 0 Å². The van der Waals surface area contributed by atoms with Gasteiger partial charge in [-0.15, -0.1) is 0 Å². The quantitative estimate of drug-likeness (QED) is 0.289. The van der Waals surface area contributed by atoms with E-state index in [1.807, 2.05) is 68.4 Å². The van der Waals surface area contributed by atoms with Crippen LogP contribution in [0.1, 0.15) is 37.0 Å². The summed E-state index contributed by atoms with van der Waals surface area (Å²) in [6, 6.07) is 29.4. The standard InChI is InChI=1S/C32H33FN2O2/c1-23(2)34-32(37)30(21-24-11-4-3-5-12-24)35(22-27-14-7-9-18-29(27)33)31(36)20-19-26-16-10-15-25-13-6-8-17-28(25)26/h3-18,23,30H,19-22H2,1-2H3,(H,34,37). The SMILES string of the molecule is CC(C)NC(=O)C(Cc1ccccc1)N(Cc1ccccc1F)C(=O)CCc1cccc2ccccc12. The smallest absolute Gasteiger partial charge is 0.243 e. The van der Waals surface area contributed by atoms with E-state index in [4.69, 9.17) is 0 Å². The van der Waals surface area contributed by atoms with Gasteiger partial charge in [0.25, 0.3) is 0 Å². The second-order valence-electron chi connectivity index (χ2n) is 9.62. The number of carbonyl (C=O) groups is 2. The van der Waals surface area contributed by atoms with Crippen LogP contribution in [-0.2, 0) is 29.0 Å². The van der Waals surface area contributed by atoms with Gasteiger partial charge in [0.2, 0.25) is 11.8 Å². The average Bonchev–Trinajstić information content (AvgIpc) is 2.90. The van der Waals surface area contributed by atoms with Crippen molar-refractivity contribution in [3.63, 3.8) is 0 Å². The van der Waals surface area contributed by atoms with Gasteiger partial charge in [-0.2, -0.15) is 0 Å². The molecule has 37 heavy (non-hydrogen) atoms. The molecule has 0 heterocycles. The van der Waals surface area contributed by atoms with Crippen LogP contribution in [0.2, 0.25) is 0 Å². The number of aryl methyl sites for hydroxylation is 1. The van der Waals surface area contributed by atoms with Gasteiger partial charge in [0.15, 0.2) is 0 Å². The summed E-state index contributed by atoms with van der Waals surface area (Å²) in [6.45, 7) is 3.80. The third-order valence-electron chi connectivity index (χ3n) is 6.49. The van der Waals surface area contributed by atoms with E-state index >= 15 is 0 Å². The number of nitrogens with zero attached hydrogens (tertiary/aromatic N) is 1. The van der Waals surface area contributed by atoms with Crippen molar-refractivity contribution < 1.29 is 14.0 Å². The molecular weight excluding hydrogens is 463 g/mol. The van der Waals surface area contributed by atoms with E-state index in [9.17, 15) is 14.0 Å². The van der Waals surface area contributed by atoms with Crippen molar-refractivity contribution in [3.05, 3.63) is 120 Å². The fourth-order valence-corrected chi connectivity index (χ4v) is 4.64. The number of hydrogen-bond acceptors (Lipinski definition) is 2. The molecule has 0 aliphatic rings. The lowest BCUT2D eigenvalue weighted by atomic mass is 9.99. The first-order chi connectivity index (χ1) is 17.9. The van der Waals surface area contributed by atoms with Gasteiger partial charge in [0.1, 0.15) is 11.9 Å². The first-order valence-corrected chi connectivity index (χ1v) is 12.8. The second kappa shape index (κ2) is 12.3. The molecule has 2 amide bonds. The van der Waals surface area contributed by atoms with Crippen molar-refractivity contribution >= 4 is 22.6 Å². The van der Waals surface area contributed by atoms with Gasteiger partial charge in [-0.1, -0.05) is 91.0 Å². The van der Waals surface area contributed by atoms with E-state index in [2.05, 4.69) is 23.5 Å². The first kappa shape index (κ1) is 26.1. The Labute approximate surface area is 218 Å². The summed E-state index contributed by atoms with van der Waals surface area (Å²) in [4.78, 5) is 28.8. The van der Waals surface area contributed by atoms with E-state index in [0.717, 1.165) is 21.9 Å². The minimum atomic E-state index is -0.774. The Morgan fingerprint density at radius 1 is 0.811 bits per heavy atom. The Kier molecular flexibility index (Phi) is 8.68. The zero-order chi connectivity index (χ0) is 26.2. The van der Waals surface area contributed by atoms with Crippen LogP contribution in [0.4, 0.5) is 4.39 Å². The fraction of sp³-hybridized carbons (Fsp3) is 0.250. The summed E-state index contributed by atoms with van der Waals surface area (Å²) in [5.74, 6) is -0.818. The Bertz CT molecular complexity index is 1350. The molecule has 0 saturated heterocycles. The Morgan fingerprint density at radius 2 is 1.46 bits per heavy atom. The second-order valence-corrected chi connectivity index (χ2v) is 9.62. The highest BCUT2D eigenvalue weighted by molar-refractivity contribution is 5.89. The Morgan fingerprint density at radius 3 is 2.22 bits per heavy atom. The molecule has 0 spiro atoms. The molecule has 4 rings (SSSR count). The predicted molar refractivity (Wildman–Crippen MR) is 146 cm³/mol. The molecule has 0 aromatic heterocycles. The van der Waals surface area contributed by atoms with Crippen LogP contribution >= 0.6 is 0 Å². The van der Waals surface area contributed by atoms with Crippen LogP contribution in [0, 0.1) is 5.82 Å². The van der Waals surface area contributed by atoms with Crippen LogP contribution in [0.5, 0.6) is 0 Å². The molecule has 0 fully saturated rings. The van der Waals surface area contributed by atoms with E-state index in [1.165, 1.54) is 6.07 Å². The molecule has 1 unspecified atom stereocenters. The summed E-state index contributed by atoms with van der Waals surface area (Å²) in [7, 11) is 0. The van der Waals surface area contributed by atoms with Gasteiger partial charge >= 0.3 is 0 Å². The molecule has 0 saturated carbocycles. The summed E-state index contributed by atoms with van der Waals surface area (Å²) < 4.78 is 14.7. The molecule has 4 nitrogen and oxygen atoms in total. The number of carbonyl (C=O) groups excluding carboxylic acids is 2. The number of fused-ring (bicyclic) bond motifs is 1. The number of benzene rings is 4. The summed E-state index contributed by atoms with van der Waals surface area (Å²) in [5, 5.41) is 5.20. The normalized spacial score (nSPS) is 11.9. The predicted octanol–water partition coefficient (Wildman–Crippen LogP) is 6.08. The first-order valence-electron chi connectivity index (χ1n) is 12.8. The maximum Gasteiger partial charge on any atom is 0.243 e. The molecule has 1 N–H and O–H groups in total. The molecule has 4 aromatic rings. The monoisotopic (exact) mass is 496 g/mol. The summed E-state index contributed by atoms with van der Waals surface area (Å²) in [6.07, 6.45) is 1.08. The van der Waals surface area contributed by atoms with E-state index in [1.54, 1.807) is 23.1 Å². The van der Waals surface area contributed by atoms with Gasteiger partial charge < -0.3 is 10.2 Å². The molecule has 0 bridgehead atoms. The summed E-state index contributed by atoms with van der Waals surface area (Å²) >= 11 is 0. The lowest BCUT2D eigenvalue weighted by Gasteiger charge is -2.32. The minimum Gasteiger partial charge on any atom is -0.352 e. The lowest BCUT2D eigenvalue weighted by molar-refractivity contribution is -0.141. The van der Waals surface area contributed by atoms with Gasteiger partial charge in [-0.25, -0.2) is 4.39 Å². The number of nitrogens with one attached hydrogen (secondary N) is 1. The highest BCUT2D eigenvalue weighted by Gasteiger charge is 2.31. The van der Waals surface area contributed by atoms with E-state index in [-0.39, 0.29) is 30.8 Å². The van der Waals surface area contributed by atoms with Crippen LogP contribution in [0.15, 0.2) is 97.1 Å². The van der Waals surface area contributed by atoms with E-state index < -0.39 is 11.9 Å². The van der Waals surface area contributed by atoms with Crippen molar-refractivity contribution in [2.75, 3.05) is 0 Å². The number of amides is 2. The molecule has 190 valence electrons. The number of halogens is 1. The maximum absolute atomic E-state index is 14.7. The van der Waals surface area contributed by atoms with Crippen LogP contribution in [0.25, 0.3) is 10.8 Å². The largest absolute Gasteiger partial charge is 0.352 e. The average molecular weight is 497 g/mol. The van der Waals surface area contributed by atoms with Gasteiger partial charge in [0.05, 0.1) is 0 Å². The van der Waals surface area contributed by atoms with Crippen LogP contribution in [0.3, 0.4) is 0 Å². The summed E-state index contributed by atoms with van der Waals surface area (Å²) in [5.41, 5.74) is 2.40. The molecule has 0 aliphatic heterocycles.